The van der Waals surface area contributed by atoms with Crippen molar-refractivity contribution in [3.8, 4) is 0 Å². The van der Waals surface area contributed by atoms with Crippen molar-refractivity contribution in [1.29, 1.82) is 0 Å². The quantitative estimate of drug-likeness (QED) is 0.704. The van der Waals surface area contributed by atoms with Gasteiger partial charge in [0.25, 0.3) is 5.91 Å². The molecule has 1 aromatic carbocycles. The van der Waals surface area contributed by atoms with Crippen LogP contribution in [0.15, 0.2) is 18.2 Å². The minimum atomic E-state index is -3.76. The number of carbonyl (C=O) groups is 2. The molecular weight excluding hydrogens is 440 g/mol. The molecule has 0 saturated heterocycles. The van der Waals surface area contributed by atoms with Gasteiger partial charge < -0.3 is 0 Å². The van der Waals surface area contributed by atoms with Crippen LogP contribution in [-0.2, 0) is 10.9 Å². The van der Waals surface area contributed by atoms with E-state index in [2.05, 4.69) is 0 Å². The summed E-state index contributed by atoms with van der Waals surface area (Å²) in [6.07, 6.45) is 0. The summed E-state index contributed by atoms with van der Waals surface area (Å²) in [4.78, 5) is 22.3. The van der Waals surface area contributed by atoms with E-state index in [9.17, 15) is 15.7 Å². The van der Waals surface area contributed by atoms with Crippen molar-refractivity contribution in [2.75, 3.05) is 0 Å². The molecule has 7 heteroatoms. The molecule has 5 nitrogen and oxygen atoms in total. The van der Waals surface area contributed by atoms with Gasteiger partial charge in [0.05, 0.1) is 5.56 Å². The normalized spacial score (nSPS) is 10.2. The Morgan fingerprint density at radius 3 is 2.44 bits per heavy atom. The molecular formula is C9H7I2NO4. The maximum absolute atomic E-state index is 11.5. The molecule has 0 radical (unpaired) electrons. The van der Waals surface area contributed by atoms with Gasteiger partial charge in [-0.15, -0.1) is 0 Å². The summed E-state index contributed by atoms with van der Waals surface area (Å²) in [6, 6.07) is 4.55. The van der Waals surface area contributed by atoms with Crippen LogP contribution in [0.1, 0.15) is 17.3 Å². The average molecular weight is 447 g/mol. The molecule has 0 saturated carbocycles. The molecule has 1 rings (SSSR count). The summed E-state index contributed by atoms with van der Waals surface area (Å²) in [5, 5.41) is 2.05. The van der Waals surface area contributed by atoms with Crippen molar-refractivity contribution in [3.63, 3.8) is 0 Å². The van der Waals surface area contributed by atoms with Crippen molar-refractivity contribution in [2.24, 2.45) is 0 Å². The summed E-state index contributed by atoms with van der Waals surface area (Å²) in [7, 11) is 0. The first-order chi connectivity index (χ1) is 7.43. The van der Waals surface area contributed by atoms with E-state index in [1.165, 1.54) is 13.0 Å². The number of amides is 2. The van der Waals surface area contributed by atoms with E-state index in [4.69, 9.17) is 0 Å². The lowest BCUT2D eigenvalue weighted by Crippen LogP contribution is -2.28. The smallest absolute Gasteiger partial charge is 0.293 e. The number of nitrogens with one attached hydrogen (secondary N) is 1. The highest BCUT2D eigenvalue weighted by atomic mass is 127. The van der Waals surface area contributed by atoms with Crippen molar-refractivity contribution in [1.82, 2.24) is 5.32 Å². The maximum atomic E-state index is 11.5. The molecule has 86 valence electrons. The van der Waals surface area contributed by atoms with E-state index >= 15 is 0 Å². The third-order valence-corrected chi connectivity index (χ3v) is 5.61. The standard InChI is InChI=1S/C9H7I2NO4/c1-5(13)12-9(14)6-3-2-4-7(10)8(6)11(15)16/h2-4H,1H3,(H,12,13,14). The molecule has 1 N–H and O–H groups in total. The molecule has 0 heterocycles. The number of carbonyl (C=O) groups excluding carboxylic acids is 2. The number of hydrogen-bond donors (Lipinski definition) is 1. The Labute approximate surface area is 112 Å². The highest BCUT2D eigenvalue weighted by Crippen LogP contribution is 2.26. The number of imide groups is 1. The molecule has 16 heavy (non-hydrogen) atoms. The summed E-state index contributed by atoms with van der Waals surface area (Å²) in [5.41, 5.74) is 0.0253. The molecule has 0 atom stereocenters. The van der Waals surface area contributed by atoms with Crippen molar-refractivity contribution < 1.29 is 15.7 Å². The minimum absolute atomic E-state index is 0.0253. The molecule has 0 fully saturated rings. The minimum Gasteiger partial charge on any atom is -0.293 e. The molecule has 0 aliphatic rings. The van der Waals surface area contributed by atoms with E-state index in [0.717, 1.165) is 0 Å². The summed E-state index contributed by atoms with van der Waals surface area (Å²) >= 11 is -1.92. The Kier molecular flexibility index (Phi) is 4.77. The fourth-order valence-corrected chi connectivity index (χ4v) is 4.18. The van der Waals surface area contributed by atoms with Crippen LogP contribution < -0.4 is 5.32 Å². The van der Waals surface area contributed by atoms with Gasteiger partial charge in [0.2, 0.25) is 5.91 Å². The largest absolute Gasteiger partial charge is 0.342 e. The zero-order valence-corrected chi connectivity index (χ0v) is 12.4. The molecule has 0 aliphatic carbocycles. The second kappa shape index (κ2) is 5.66. The first-order valence-corrected chi connectivity index (χ1v) is 8.01. The first-order valence-electron chi connectivity index (χ1n) is 4.09. The molecule has 0 aromatic heterocycles. The van der Waals surface area contributed by atoms with E-state index < -0.39 is 31.6 Å². The Morgan fingerprint density at radius 1 is 1.31 bits per heavy atom. The third-order valence-electron chi connectivity index (χ3n) is 1.64. The van der Waals surface area contributed by atoms with Crippen LogP contribution in [0.5, 0.6) is 0 Å². The van der Waals surface area contributed by atoms with Gasteiger partial charge in [0.15, 0.2) is 0 Å². The molecule has 1 aromatic rings. The van der Waals surface area contributed by atoms with Crippen LogP contribution in [0.2, 0.25) is 0 Å². The number of halogens is 2. The summed E-state index contributed by atoms with van der Waals surface area (Å²) in [6.45, 7) is 1.19. The van der Waals surface area contributed by atoms with Crippen LogP contribution in [-0.4, -0.2) is 11.8 Å². The summed E-state index contributed by atoms with van der Waals surface area (Å²) in [5.74, 6) is -1.21. The average Bonchev–Trinajstić information content (AvgIpc) is 2.15. The van der Waals surface area contributed by atoms with Crippen LogP contribution >= 0.6 is 42.4 Å². The highest BCUT2D eigenvalue weighted by molar-refractivity contribution is 14.2. The lowest BCUT2D eigenvalue weighted by atomic mass is 10.2. The Balaban J connectivity index is 3.28. The fourth-order valence-electron chi connectivity index (χ4n) is 1.06. The van der Waals surface area contributed by atoms with E-state index in [0.29, 0.717) is 3.57 Å². The number of benzene rings is 1. The lowest BCUT2D eigenvalue weighted by Gasteiger charge is -2.04. The Hall–Kier alpha value is -0.580. The topological polar surface area (TPSA) is 80.3 Å². The molecule has 0 aliphatic heterocycles. The van der Waals surface area contributed by atoms with E-state index in [1.54, 1.807) is 12.1 Å². The molecule has 0 spiro atoms. The van der Waals surface area contributed by atoms with Gasteiger partial charge in [-0.3, -0.25) is 14.9 Å². The highest BCUT2D eigenvalue weighted by Gasteiger charge is 2.18. The predicted octanol–water partition coefficient (Wildman–Crippen LogP) is 1.93. The maximum Gasteiger partial charge on any atom is 0.342 e. The molecule has 0 unspecified atom stereocenters. The monoisotopic (exact) mass is 447 g/mol. The van der Waals surface area contributed by atoms with Crippen molar-refractivity contribution in [2.45, 2.75) is 6.92 Å². The zero-order valence-electron chi connectivity index (χ0n) is 8.12. The van der Waals surface area contributed by atoms with Crippen LogP contribution in [0.3, 0.4) is 0 Å². The van der Waals surface area contributed by atoms with Gasteiger partial charge in [-0.1, -0.05) is 6.07 Å². The first kappa shape index (κ1) is 13.5. The number of hydrogen-bond acceptors (Lipinski definition) is 4. The molecule has 2 amide bonds. The van der Waals surface area contributed by atoms with Crippen molar-refractivity contribution >= 4 is 54.2 Å². The van der Waals surface area contributed by atoms with E-state index in [-0.39, 0.29) is 9.13 Å². The second-order valence-corrected chi connectivity index (χ2v) is 6.31. The van der Waals surface area contributed by atoms with Gasteiger partial charge in [-0.25, -0.2) is 6.14 Å². The summed E-state index contributed by atoms with van der Waals surface area (Å²) < 4.78 is 22.7. The van der Waals surface area contributed by atoms with Gasteiger partial charge in [-0.05, 0) is 34.7 Å². The second-order valence-electron chi connectivity index (χ2n) is 2.83. The van der Waals surface area contributed by atoms with Crippen LogP contribution in [0.25, 0.3) is 0 Å². The Morgan fingerprint density at radius 2 is 1.94 bits per heavy atom. The number of rotatable bonds is 2. The van der Waals surface area contributed by atoms with Crippen molar-refractivity contribution in [3.05, 3.63) is 30.9 Å². The lowest BCUT2D eigenvalue weighted by molar-refractivity contribution is -0.118. The van der Waals surface area contributed by atoms with Gasteiger partial charge in [0, 0.05) is 10.5 Å². The Bertz CT molecular complexity index is 514. The van der Waals surface area contributed by atoms with E-state index in [1.807, 2.05) is 27.9 Å². The van der Waals surface area contributed by atoms with Gasteiger partial charge in [0.1, 0.15) is 3.57 Å². The SMILES string of the molecule is CC(=O)NC(=O)c1cccc(I)c1I(=O)=O. The van der Waals surface area contributed by atoms with Crippen LogP contribution in [0.4, 0.5) is 0 Å². The van der Waals surface area contributed by atoms with Gasteiger partial charge >= 0.3 is 19.8 Å². The third kappa shape index (κ3) is 3.20. The molecule has 0 bridgehead atoms. The fraction of sp³-hybridized carbons (Fsp3) is 0.111. The van der Waals surface area contributed by atoms with Crippen LogP contribution in [0, 0.1) is 7.14 Å². The van der Waals surface area contributed by atoms with Gasteiger partial charge in [-0.2, -0.15) is 0 Å². The predicted molar refractivity (Wildman–Crippen MR) is 71.4 cm³/mol. The zero-order chi connectivity index (χ0) is 12.3.